The van der Waals surface area contributed by atoms with Gasteiger partial charge in [0.25, 0.3) is 0 Å². The van der Waals surface area contributed by atoms with Crippen molar-refractivity contribution < 1.29 is 4.52 Å². The highest BCUT2D eigenvalue weighted by molar-refractivity contribution is 7.09. The zero-order chi connectivity index (χ0) is 14.8. The van der Waals surface area contributed by atoms with E-state index in [1.54, 1.807) is 11.3 Å². The molecule has 0 amide bonds. The third kappa shape index (κ3) is 2.74. The molecule has 2 N–H and O–H groups in total. The Labute approximate surface area is 126 Å². The molecule has 3 aromatic rings. The van der Waals surface area contributed by atoms with Crippen LogP contribution in [0.15, 0.2) is 22.0 Å². The first-order valence-electron chi connectivity index (χ1n) is 6.74. The normalized spacial score (nSPS) is 11.2. The fourth-order valence-electron chi connectivity index (χ4n) is 2.30. The first kappa shape index (κ1) is 14.0. The van der Waals surface area contributed by atoms with Crippen molar-refractivity contribution in [3.05, 3.63) is 50.8 Å². The van der Waals surface area contributed by atoms with E-state index in [4.69, 9.17) is 10.3 Å². The summed E-state index contributed by atoms with van der Waals surface area (Å²) in [4.78, 5) is 1.27. The van der Waals surface area contributed by atoms with Crippen molar-refractivity contribution in [1.82, 2.24) is 20.2 Å². The zero-order valence-electron chi connectivity index (χ0n) is 12.0. The van der Waals surface area contributed by atoms with Gasteiger partial charge in [-0.2, -0.15) is 0 Å². The third-order valence-electron chi connectivity index (χ3n) is 3.52. The van der Waals surface area contributed by atoms with Crippen molar-refractivity contribution in [1.29, 1.82) is 0 Å². The smallest absolute Gasteiger partial charge is 0.138 e. The SMILES string of the molecule is Cc1noc(C)c1Cn1nnc(CN)c1Cc1cccs1. The van der Waals surface area contributed by atoms with Crippen LogP contribution in [0.2, 0.25) is 0 Å². The Kier molecular flexibility index (Phi) is 3.85. The topological polar surface area (TPSA) is 82.8 Å². The Balaban J connectivity index is 1.93. The molecule has 0 aliphatic carbocycles. The lowest BCUT2D eigenvalue weighted by Crippen LogP contribution is -2.10. The van der Waals surface area contributed by atoms with Crippen LogP contribution in [0.25, 0.3) is 0 Å². The molecular formula is C14H17N5OS. The summed E-state index contributed by atoms with van der Waals surface area (Å²) >= 11 is 1.72. The molecule has 0 unspecified atom stereocenters. The molecule has 0 aliphatic rings. The van der Waals surface area contributed by atoms with Crippen LogP contribution in [0.4, 0.5) is 0 Å². The minimum Gasteiger partial charge on any atom is -0.361 e. The molecule has 0 spiro atoms. The molecule has 3 rings (SSSR count). The van der Waals surface area contributed by atoms with Gasteiger partial charge < -0.3 is 10.3 Å². The maximum absolute atomic E-state index is 5.78. The Hall–Kier alpha value is -1.99. The van der Waals surface area contributed by atoms with E-state index < -0.39 is 0 Å². The molecule has 0 bridgehead atoms. The van der Waals surface area contributed by atoms with Crippen molar-refractivity contribution in [3.8, 4) is 0 Å². The zero-order valence-corrected chi connectivity index (χ0v) is 12.9. The van der Waals surface area contributed by atoms with Gasteiger partial charge in [0.15, 0.2) is 0 Å². The predicted octanol–water partition coefficient (Wildman–Crippen LogP) is 2.04. The highest BCUT2D eigenvalue weighted by Gasteiger charge is 2.16. The highest BCUT2D eigenvalue weighted by atomic mass is 32.1. The summed E-state index contributed by atoms with van der Waals surface area (Å²) in [5.41, 5.74) is 9.62. The van der Waals surface area contributed by atoms with Crippen LogP contribution in [0.1, 0.15) is 33.3 Å². The molecule has 110 valence electrons. The Morgan fingerprint density at radius 1 is 1.38 bits per heavy atom. The summed E-state index contributed by atoms with van der Waals surface area (Å²) in [5, 5.41) is 14.5. The lowest BCUT2D eigenvalue weighted by molar-refractivity contribution is 0.391. The van der Waals surface area contributed by atoms with Crippen molar-refractivity contribution in [2.45, 2.75) is 33.4 Å². The first-order valence-corrected chi connectivity index (χ1v) is 7.62. The summed E-state index contributed by atoms with van der Waals surface area (Å²) < 4.78 is 7.11. The standard InChI is InChI=1S/C14H17N5OS/c1-9-12(10(2)20-17-9)8-19-14(13(7-15)16-18-19)6-11-4-3-5-21-11/h3-5H,6-8,15H2,1-2H3. The van der Waals surface area contributed by atoms with Gasteiger partial charge in [-0.05, 0) is 25.3 Å². The number of nitrogens with zero attached hydrogens (tertiary/aromatic N) is 4. The van der Waals surface area contributed by atoms with Crippen molar-refractivity contribution in [3.63, 3.8) is 0 Å². The second-order valence-corrected chi connectivity index (χ2v) is 5.94. The molecule has 0 saturated heterocycles. The van der Waals surface area contributed by atoms with E-state index in [9.17, 15) is 0 Å². The van der Waals surface area contributed by atoms with Crippen LogP contribution in [0, 0.1) is 13.8 Å². The summed E-state index contributed by atoms with van der Waals surface area (Å²) in [7, 11) is 0. The van der Waals surface area contributed by atoms with E-state index >= 15 is 0 Å². The average Bonchev–Trinajstić information content (AvgIpc) is 3.18. The van der Waals surface area contributed by atoms with Crippen molar-refractivity contribution >= 4 is 11.3 Å². The fraction of sp³-hybridized carbons (Fsp3) is 0.357. The predicted molar refractivity (Wildman–Crippen MR) is 80.1 cm³/mol. The number of rotatable bonds is 5. The number of thiophene rings is 1. The molecule has 7 heteroatoms. The highest BCUT2D eigenvalue weighted by Crippen LogP contribution is 2.19. The number of nitrogens with two attached hydrogens (primary N) is 1. The second kappa shape index (κ2) is 5.79. The van der Waals surface area contributed by atoms with E-state index in [1.807, 2.05) is 24.6 Å². The summed E-state index contributed by atoms with van der Waals surface area (Å²) in [6, 6.07) is 4.16. The Bertz CT molecular complexity index is 709. The summed E-state index contributed by atoms with van der Waals surface area (Å²) in [6.07, 6.45) is 0.792. The molecule has 0 saturated carbocycles. The van der Waals surface area contributed by atoms with Crippen LogP contribution < -0.4 is 5.73 Å². The summed E-state index contributed by atoms with van der Waals surface area (Å²) in [6.45, 7) is 4.85. The van der Waals surface area contributed by atoms with Gasteiger partial charge >= 0.3 is 0 Å². The monoisotopic (exact) mass is 303 g/mol. The molecule has 0 radical (unpaired) electrons. The number of aromatic nitrogens is 4. The minimum absolute atomic E-state index is 0.391. The second-order valence-electron chi connectivity index (χ2n) is 4.90. The van der Waals surface area contributed by atoms with Crippen LogP contribution in [-0.2, 0) is 19.5 Å². The van der Waals surface area contributed by atoms with Gasteiger partial charge in [-0.1, -0.05) is 16.4 Å². The average molecular weight is 303 g/mol. The van der Waals surface area contributed by atoms with E-state index in [0.717, 1.165) is 34.8 Å². The van der Waals surface area contributed by atoms with Crippen molar-refractivity contribution in [2.75, 3.05) is 0 Å². The quantitative estimate of drug-likeness (QED) is 0.780. The van der Waals surface area contributed by atoms with Crippen LogP contribution in [-0.4, -0.2) is 20.2 Å². The van der Waals surface area contributed by atoms with E-state index in [2.05, 4.69) is 26.9 Å². The largest absolute Gasteiger partial charge is 0.361 e. The van der Waals surface area contributed by atoms with E-state index in [-0.39, 0.29) is 0 Å². The van der Waals surface area contributed by atoms with E-state index in [0.29, 0.717) is 13.1 Å². The van der Waals surface area contributed by atoms with E-state index in [1.165, 1.54) is 4.88 Å². The first-order chi connectivity index (χ1) is 10.2. The third-order valence-corrected chi connectivity index (χ3v) is 4.40. The molecule has 0 fully saturated rings. The molecule has 6 nitrogen and oxygen atoms in total. The van der Waals surface area contributed by atoms with Gasteiger partial charge in [-0.25, -0.2) is 4.68 Å². The Morgan fingerprint density at radius 3 is 2.86 bits per heavy atom. The molecule has 3 aromatic heterocycles. The van der Waals surface area contributed by atoms with Gasteiger partial charge in [-0.3, -0.25) is 0 Å². The molecule has 3 heterocycles. The number of hydrogen-bond donors (Lipinski definition) is 1. The fourth-order valence-corrected chi connectivity index (χ4v) is 3.01. The van der Waals surface area contributed by atoms with Gasteiger partial charge in [0, 0.05) is 23.4 Å². The molecule has 0 atom stereocenters. The van der Waals surface area contributed by atoms with Gasteiger partial charge in [-0.15, -0.1) is 16.4 Å². The van der Waals surface area contributed by atoms with Crippen LogP contribution in [0.3, 0.4) is 0 Å². The maximum Gasteiger partial charge on any atom is 0.138 e. The van der Waals surface area contributed by atoms with Gasteiger partial charge in [0.1, 0.15) is 5.76 Å². The Morgan fingerprint density at radius 2 is 2.24 bits per heavy atom. The minimum atomic E-state index is 0.391. The maximum atomic E-state index is 5.78. The van der Waals surface area contributed by atoms with Gasteiger partial charge in [0.2, 0.25) is 0 Å². The van der Waals surface area contributed by atoms with Crippen LogP contribution in [0.5, 0.6) is 0 Å². The lowest BCUT2D eigenvalue weighted by Gasteiger charge is -2.06. The number of hydrogen-bond acceptors (Lipinski definition) is 6. The van der Waals surface area contributed by atoms with Crippen LogP contribution >= 0.6 is 11.3 Å². The number of aryl methyl sites for hydroxylation is 2. The molecular weight excluding hydrogens is 286 g/mol. The lowest BCUT2D eigenvalue weighted by atomic mass is 10.2. The molecule has 0 aromatic carbocycles. The molecule has 21 heavy (non-hydrogen) atoms. The van der Waals surface area contributed by atoms with Gasteiger partial charge in [0.05, 0.1) is 23.6 Å². The molecule has 0 aliphatic heterocycles. The van der Waals surface area contributed by atoms with Crippen molar-refractivity contribution in [2.24, 2.45) is 5.73 Å². The summed E-state index contributed by atoms with van der Waals surface area (Å²) in [5.74, 6) is 0.819.